The number of rotatable bonds is 9. The van der Waals surface area contributed by atoms with Crippen molar-refractivity contribution in [3.8, 4) is 17.2 Å². The van der Waals surface area contributed by atoms with Crippen LogP contribution in [0.3, 0.4) is 0 Å². The van der Waals surface area contributed by atoms with Gasteiger partial charge in [0.25, 0.3) is 21.8 Å². The number of aryl methyl sites for hydroxylation is 1. The number of para-hydroxylation sites is 2. The number of hydrazine groups is 1. The summed E-state index contributed by atoms with van der Waals surface area (Å²) in [5.74, 6) is 0.160. The monoisotopic (exact) mass is 586 g/mol. The Hall–Kier alpha value is -5.03. The summed E-state index contributed by atoms with van der Waals surface area (Å²) < 4.78 is 40.1. The van der Waals surface area contributed by atoms with Crippen molar-refractivity contribution in [2.24, 2.45) is 0 Å². The number of fused-ring (bicyclic) bond motifs is 1. The number of sulfonamides is 1. The molecular weight excluding hydrogens is 556 g/mol. The van der Waals surface area contributed by atoms with Crippen LogP contribution in [0.15, 0.2) is 102 Å². The lowest BCUT2D eigenvalue weighted by Crippen LogP contribution is -2.47. The van der Waals surface area contributed by atoms with Crippen molar-refractivity contribution in [3.05, 3.63) is 108 Å². The Kier molecular flexibility index (Phi) is 8.58. The normalized spacial score (nSPS) is 12.5. The summed E-state index contributed by atoms with van der Waals surface area (Å²) in [6.07, 6.45) is 1.88. The molecule has 42 heavy (non-hydrogen) atoms. The summed E-state index contributed by atoms with van der Waals surface area (Å²) in [7, 11) is -2.82. The highest BCUT2D eigenvalue weighted by Gasteiger charge is 2.23. The van der Waals surface area contributed by atoms with Gasteiger partial charge in [-0.05, 0) is 79.1 Å². The minimum atomic E-state index is -4.15. The van der Waals surface area contributed by atoms with Crippen LogP contribution >= 0.6 is 0 Å². The molecular formula is C31H30N4O6S. The van der Waals surface area contributed by atoms with E-state index in [1.165, 1.54) is 30.9 Å². The van der Waals surface area contributed by atoms with Crippen molar-refractivity contribution < 1.29 is 27.5 Å². The van der Waals surface area contributed by atoms with E-state index in [0.29, 0.717) is 17.2 Å². The van der Waals surface area contributed by atoms with Crippen LogP contribution in [-0.4, -0.2) is 40.4 Å². The van der Waals surface area contributed by atoms with Gasteiger partial charge in [0.05, 0.1) is 13.7 Å². The molecule has 216 valence electrons. The maximum absolute atomic E-state index is 13.3. The SMILES string of the molecule is COc1ccc(C(=O)NNC(=O)CN2CCCc3ccccc32)cc1S(=O)(=O)Nc1ccc(Oc2ccccc2)cc1. The molecule has 0 spiro atoms. The first-order chi connectivity index (χ1) is 20.3. The molecule has 0 unspecified atom stereocenters. The molecule has 2 amide bonds. The Bertz CT molecular complexity index is 1680. The summed E-state index contributed by atoms with van der Waals surface area (Å²) in [5, 5.41) is 0. The van der Waals surface area contributed by atoms with Gasteiger partial charge in [-0.25, -0.2) is 8.42 Å². The molecule has 5 rings (SSSR count). The number of anilines is 2. The van der Waals surface area contributed by atoms with Gasteiger partial charge < -0.3 is 14.4 Å². The molecule has 0 radical (unpaired) electrons. The van der Waals surface area contributed by atoms with Gasteiger partial charge in [-0.1, -0.05) is 36.4 Å². The minimum Gasteiger partial charge on any atom is -0.495 e. The van der Waals surface area contributed by atoms with Crippen molar-refractivity contribution in [2.45, 2.75) is 17.7 Å². The van der Waals surface area contributed by atoms with Gasteiger partial charge in [0.2, 0.25) is 0 Å². The van der Waals surface area contributed by atoms with E-state index in [0.717, 1.165) is 25.1 Å². The fraction of sp³-hybridized carbons (Fsp3) is 0.161. The molecule has 1 aliphatic rings. The second-order valence-corrected chi connectivity index (χ2v) is 11.2. The number of hydrogen-bond donors (Lipinski definition) is 3. The molecule has 1 heterocycles. The highest BCUT2D eigenvalue weighted by atomic mass is 32.2. The number of nitrogens with zero attached hydrogens (tertiary/aromatic N) is 1. The number of benzene rings is 4. The lowest BCUT2D eigenvalue weighted by atomic mass is 10.0. The third-order valence-corrected chi connectivity index (χ3v) is 8.06. The molecule has 11 heteroatoms. The average molecular weight is 587 g/mol. The molecule has 0 aromatic heterocycles. The standard InChI is InChI=1S/C31H30N4O6S/c1-40-28-18-13-23(31(37)33-32-30(36)21-35-19-7-9-22-8-5-6-12-27(22)35)20-29(28)42(38,39)34-24-14-16-26(17-15-24)41-25-10-3-2-4-11-25/h2-6,8,10-18,20,34H,7,9,19,21H2,1H3,(H,32,36)(H,33,37). The molecule has 0 saturated heterocycles. The van der Waals surface area contributed by atoms with E-state index in [-0.39, 0.29) is 22.8 Å². The van der Waals surface area contributed by atoms with E-state index in [1.54, 1.807) is 24.3 Å². The largest absolute Gasteiger partial charge is 0.495 e. The predicted molar refractivity (Wildman–Crippen MR) is 159 cm³/mol. The van der Waals surface area contributed by atoms with Crippen molar-refractivity contribution in [3.63, 3.8) is 0 Å². The van der Waals surface area contributed by atoms with Gasteiger partial charge in [-0.3, -0.25) is 25.2 Å². The highest BCUT2D eigenvalue weighted by Crippen LogP contribution is 2.29. The van der Waals surface area contributed by atoms with Gasteiger partial charge in [-0.15, -0.1) is 0 Å². The van der Waals surface area contributed by atoms with Gasteiger partial charge in [0.1, 0.15) is 22.1 Å². The Morgan fingerprint density at radius 2 is 1.57 bits per heavy atom. The Morgan fingerprint density at radius 3 is 2.33 bits per heavy atom. The summed E-state index contributed by atoms with van der Waals surface area (Å²) in [6.45, 7) is 0.798. The second-order valence-electron chi connectivity index (χ2n) is 9.57. The molecule has 0 saturated carbocycles. The first-order valence-electron chi connectivity index (χ1n) is 13.3. The number of methoxy groups -OCH3 is 1. The maximum Gasteiger partial charge on any atom is 0.269 e. The van der Waals surface area contributed by atoms with Crippen LogP contribution < -0.4 is 29.9 Å². The number of hydrogen-bond acceptors (Lipinski definition) is 7. The zero-order chi connectivity index (χ0) is 29.5. The summed E-state index contributed by atoms with van der Waals surface area (Å²) in [5.41, 5.74) is 7.28. The third-order valence-electron chi connectivity index (χ3n) is 6.66. The van der Waals surface area contributed by atoms with E-state index in [9.17, 15) is 18.0 Å². The highest BCUT2D eigenvalue weighted by molar-refractivity contribution is 7.92. The molecule has 4 aromatic carbocycles. The lowest BCUT2D eigenvalue weighted by molar-refractivity contribution is -0.120. The van der Waals surface area contributed by atoms with Gasteiger partial charge >= 0.3 is 0 Å². The Labute approximate surface area is 244 Å². The zero-order valence-electron chi connectivity index (χ0n) is 22.9. The number of carbonyl (C=O) groups excluding carboxylic acids is 2. The Balaban J connectivity index is 1.23. The summed E-state index contributed by atoms with van der Waals surface area (Å²) in [4.78, 5) is 27.2. The smallest absolute Gasteiger partial charge is 0.269 e. The van der Waals surface area contributed by atoms with Crippen molar-refractivity contribution in [1.82, 2.24) is 10.9 Å². The van der Waals surface area contributed by atoms with Crippen molar-refractivity contribution >= 4 is 33.2 Å². The molecule has 0 fully saturated rings. The van der Waals surface area contributed by atoms with Gasteiger partial charge in [0, 0.05) is 23.5 Å². The van der Waals surface area contributed by atoms with E-state index in [1.807, 2.05) is 59.5 Å². The van der Waals surface area contributed by atoms with Crippen LogP contribution in [-0.2, 0) is 21.2 Å². The van der Waals surface area contributed by atoms with Gasteiger partial charge in [0.15, 0.2) is 0 Å². The lowest BCUT2D eigenvalue weighted by Gasteiger charge is -2.30. The molecule has 3 N–H and O–H groups in total. The van der Waals surface area contributed by atoms with Crippen LogP contribution in [0, 0.1) is 0 Å². The molecule has 0 atom stereocenters. The van der Waals surface area contributed by atoms with E-state index in [4.69, 9.17) is 9.47 Å². The fourth-order valence-electron chi connectivity index (χ4n) is 4.64. The number of ether oxygens (including phenoxy) is 2. The first kappa shape index (κ1) is 28.5. The number of nitrogens with one attached hydrogen (secondary N) is 3. The average Bonchev–Trinajstić information content (AvgIpc) is 3.01. The molecule has 1 aliphatic heterocycles. The van der Waals surface area contributed by atoms with E-state index in [2.05, 4.69) is 15.6 Å². The number of amides is 2. The molecule has 4 aromatic rings. The van der Waals surface area contributed by atoms with Gasteiger partial charge in [-0.2, -0.15) is 0 Å². The van der Waals surface area contributed by atoms with E-state index >= 15 is 0 Å². The van der Waals surface area contributed by atoms with Crippen LogP contribution in [0.25, 0.3) is 0 Å². The predicted octanol–water partition coefficient (Wildman–Crippen LogP) is 4.50. The molecule has 0 bridgehead atoms. The number of carbonyl (C=O) groups is 2. The first-order valence-corrected chi connectivity index (χ1v) is 14.8. The van der Waals surface area contributed by atoms with Crippen LogP contribution in [0.5, 0.6) is 17.2 Å². The fourth-order valence-corrected chi connectivity index (χ4v) is 5.90. The van der Waals surface area contributed by atoms with Crippen LogP contribution in [0.1, 0.15) is 22.3 Å². The topological polar surface area (TPSA) is 126 Å². The molecule has 10 nitrogen and oxygen atoms in total. The molecule has 0 aliphatic carbocycles. The summed E-state index contributed by atoms with van der Waals surface area (Å²) >= 11 is 0. The zero-order valence-corrected chi connectivity index (χ0v) is 23.7. The van der Waals surface area contributed by atoms with Crippen LogP contribution in [0.4, 0.5) is 11.4 Å². The van der Waals surface area contributed by atoms with Crippen molar-refractivity contribution in [2.75, 3.05) is 29.8 Å². The quantitative estimate of drug-likeness (QED) is 0.247. The van der Waals surface area contributed by atoms with Crippen molar-refractivity contribution in [1.29, 1.82) is 0 Å². The Morgan fingerprint density at radius 1 is 0.857 bits per heavy atom. The maximum atomic E-state index is 13.3. The second kappa shape index (κ2) is 12.6. The summed E-state index contributed by atoms with van der Waals surface area (Å²) in [6, 6.07) is 27.5. The third kappa shape index (κ3) is 6.81. The van der Waals surface area contributed by atoms with Crippen LogP contribution in [0.2, 0.25) is 0 Å². The van der Waals surface area contributed by atoms with E-state index < -0.39 is 21.8 Å². The minimum absolute atomic E-state index is 0.0198.